The lowest BCUT2D eigenvalue weighted by atomic mass is 9.71. The smallest absolute Gasteiger partial charge is 0.0853 e. The van der Waals surface area contributed by atoms with E-state index >= 15 is 0 Å². The summed E-state index contributed by atoms with van der Waals surface area (Å²) in [5.74, 6) is 0. The van der Waals surface area contributed by atoms with Crippen LogP contribution in [0.4, 0.5) is 0 Å². The van der Waals surface area contributed by atoms with Crippen LogP contribution in [0.25, 0.3) is 0 Å². The van der Waals surface area contributed by atoms with Crippen molar-refractivity contribution in [3.05, 3.63) is 0 Å². The zero-order valence-corrected chi connectivity index (χ0v) is 15.4. The van der Waals surface area contributed by atoms with Crippen LogP contribution in [0.3, 0.4) is 0 Å². The van der Waals surface area contributed by atoms with Crippen molar-refractivity contribution in [2.45, 2.75) is 111 Å². The van der Waals surface area contributed by atoms with Crippen LogP contribution < -0.4 is 0 Å². The number of hydrogen-bond acceptors (Lipinski definition) is 3. The molecule has 0 amide bonds. The van der Waals surface area contributed by atoms with E-state index in [9.17, 15) is 0 Å². The molecule has 0 aliphatic rings. The minimum atomic E-state index is 0.489. The molecule has 0 saturated carbocycles. The Morgan fingerprint density at radius 2 is 1.09 bits per heavy atom. The molecular weight excluding hydrogens is 276 g/mol. The van der Waals surface area contributed by atoms with E-state index in [4.69, 9.17) is 5.26 Å². The van der Waals surface area contributed by atoms with Crippen LogP contribution in [-0.2, 0) is 9.93 Å². The van der Waals surface area contributed by atoms with Crippen LogP contribution in [0.5, 0.6) is 0 Å². The molecule has 3 nitrogen and oxygen atoms in total. The molecule has 0 rings (SSSR count). The number of unbranched alkanes of at least 4 members (excludes halogenated alkanes) is 6. The van der Waals surface area contributed by atoms with Crippen molar-refractivity contribution in [1.29, 1.82) is 0 Å². The van der Waals surface area contributed by atoms with Crippen molar-refractivity contribution in [1.82, 2.24) is 0 Å². The maximum absolute atomic E-state index is 8.10. The molecule has 0 saturated heterocycles. The van der Waals surface area contributed by atoms with Crippen molar-refractivity contribution < 1.29 is 15.2 Å². The zero-order chi connectivity index (χ0) is 16.5. The van der Waals surface area contributed by atoms with Crippen molar-refractivity contribution in [2.24, 2.45) is 5.41 Å². The van der Waals surface area contributed by atoms with Gasteiger partial charge in [0.2, 0.25) is 0 Å². The molecule has 0 aromatic rings. The standard InChI is InChI=1S/C19H40O3/c1-4-7-14-19(15-8-5-2,16-9-6-3)17-12-10-11-13-18-21-22-20/h20H,4-18H2,1-3H3. The Bertz CT molecular complexity index is 197. The van der Waals surface area contributed by atoms with Crippen LogP contribution in [-0.4, -0.2) is 11.9 Å². The van der Waals surface area contributed by atoms with E-state index in [1.54, 1.807) is 0 Å². The summed E-state index contributed by atoms with van der Waals surface area (Å²) in [6, 6.07) is 0. The summed E-state index contributed by atoms with van der Waals surface area (Å²) in [5, 5.41) is 11.7. The minimum absolute atomic E-state index is 0.489. The Morgan fingerprint density at radius 1 is 0.636 bits per heavy atom. The Hall–Kier alpha value is -0.120. The van der Waals surface area contributed by atoms with Gasteiger partial charge in [-0.1, -0.05) is 83.6 Å². The van der Waals surface area contributed by atoms with Gasteiger partial charge in [0.1, 0.15) is 0 Å². The number of hydrogen-bond donors (Lipinski definition) is 1. The summed E-state index contributed by atoms with van der Waals surface area (Å²) >= 11 is 0. The molecular formula is C19H40O3. The molecule has 22 heavy (non-hydrogen) atoms. The molecule has 3 heteroatoms. The first-order chi connectivity index (χ1) is 10.7. The molecule has 0 spiro atoms. The summed E-state index contributed by atoms with van der Waals surface area (Å²) in [6.07, 6.45) is 18.5. The largest absolute Gasteiger partial charge is 0.221 e. The van der Waals surface area contributed by atoms with Crippen LogP contribution in [0.1, 0.15) is 111 Å². The highest BCUT2D eigenvalue weighted by Crippen LogP contribution is 2.41. The normalized spacial score (nSPS) is 12.0. The fraction of sp³-hybridized carbons (Fsp3) is 1.00. The lowest BCUT2D eigenvalue weighted by Crippen LogP contribution is -2.21. The van der Waals surface area contributed by atoms with Gasteiger partial charge < -0.3 is 0 Å². The Kier molecular flexibility index (Phi) is 15.7. The van der Waals surface area contributed by atoms with Crippen LogP contribution in [0, 0.1) is 5.41 Å². The van der Waals surface area contributed by atoms with Gasteiger partial charge in [-0.2, -0.15) is 0 Å². The zero-order valence-electron chi connectivity index (χ0n) is 15.4. The van der Waals surface area contributed by atoms with Gasteiger partial charge in [-0.05, 0) is 37.5 Å². The highest BCUT2D eigenvalue weighted by molar-refractivity contribution is 4.79. The van der Waals surface area contributed by atoms with Crippen LogP contribution in [0.15, 0.2) is 0 Å². The van der Waals surface area contributed by atoms with E-state index in [0.29, 0.717) is 12.0 Å². The first-order valence-electron chi connectivity index (χ1n) is 9.67. The highest BCUT2D eigenvalue weighted by atomic mass is 17.5. The second-order valence-corrected chi connectivity index (χ2v) is 6.87. The topological polar surface area (TPSA) is 38.7 Å². The van der Waals surface area contributed by atoms with E-state index in [1.165, 1.54) is 77.0 Å². The molecule has 0 aromatic carbocycles. The van der Waals surface area contributed by atoms with Crippen LogP contribution >= 0.6 is 0 Å². The predicted octanol–water partition coefficient (Wildman–Crippen LogP) is 6.92. The van der Waals surface area contributed by atoms with Gasteiger partial charge in [-0.15, -0.1) is 0 Å². The average Bonchev–Trinajstić information content (AvgIpc) is 2.55. The van der Waals surface area contributed by atoms with Crippen LogP contribution in [0.2, 0.25) is 0 Å². The lowest BCUT2D eigenvalue weighted by Gasteiger charge is -2.35. The maximum atomic E-state index is 8.10. The highest BCUT2D eigenvalue weighted by Gasteiger charge is 2.27. The van der Waals surface area contributed by atoms with E-state index in [0.717, 1.165) is 12.8 Å². The quantitative estimate of drug-likeness (QED) is 0.180. The first kappa shape index (κ1) is 21.9. The fourth-order valence-electron chi connectivity index (χ4n) is 3.46. The third kappa shape index (κ3) is 11.4. The molecule has 0 atom stereocenters. The minimum Gasteiger partial charge on any atom is -0.221 e. The van der Waals surface area contributed by atoms with Gasteiger partial charge in [0.05, 0.1) is 6.61 Å². The van der Waals surface area contributed by atoms with Gasteiger partial charge in [-0.3, -0.25) is 0 Å². The van der Waals surface area contributed by atoms with Gasteiger partial charge in [-0.25, -0.2) is 10.1 Å². The van der Waals surface area contributed by atoms with Gasteiger partial charge in [0.25, 0.3) is 0 Å². The molecule has 0 radical (unpaired) electrons. The first-order valence-corrected chi connectivity index (χ1v) is 9.67. The number of rotatable bonds is 17. The van der Waals surface area contributed by atoms with Crippen molar-refractivity contribution >= 4 is 0 Å². The Labute approximate surface area is 138 Å². The van der Waals surface area contributed by atoms with E-state index in [2.05, 4.69) is 30.7 Å². The Balaban J connectivity index is 4.21. The molecule has 0 unspecified atom stereocenters. The van der Waals surface area contributed by atoms with Crippen molar-refractivity contribution in [3.8, 4) is 0 Å². The molecule has 0 fully saturated rings. The molecule has 1 N–H and O–H groups in total. The van der Waals surface area contributed by atoms with E-state index in [1.807, 2.05) is 0 Å². The summed E-state index contributed by atoms with van der Waals surface area (Å²) in [6.45, 7) is 7.43. The molecule has 0 aliphatic carbocycles. The summed E-state index contributed by atoms with van der Waals surface area (Å²) in [7, 11) is 0. The lowest BCUT2D eigenvalue weighted by molar-refractivity contribution is -0.490. The Morgan fingerprint density at radius 3 is 1.55 bits per heavy atom. The van der Waals surface area contributed by atoms with Crippen molar-refractivity contribution in [2.75, 3.05) is 6.61 Å². The summed E-state index contributed by atoms with van der Waals surface area (Å²) < 4.78 is 0. The second-order valence-electron chi connectivity index (χ2n) is 6.87. The third-order valence-electron chi connectivity index (χ3n) is 4.92. The van der Waals surface area contributed by atoms with Gasteiger partial charge in [0, 0.05) is 0 Å². The molecule has 0 bridgehead atoms. The maximum Gasteiger partial charge on any atom is 0.0853 e. The molecule has 0 aliphatic heterocycles. The molecule has 134 valence electrons. The van der Waals surface area contributed by atoms with E-state index in [-0.39, 0.29) is 0 Å². The fourth-order valence-corrected chi connectivity index (χ4v) is 3.46. The summed E-state index contributed by atoms with van der Waals surface area (Å²) in [4.78, 5) is 4.50. The second kappa shape index (κ2) is 15.8. The molecule has 0 heterocycles. The van der Waals surface area contributed by atoms with Gasteiger partial charge in [0.15, 0.2) is 0 Å². The SMILES string of the molecule is CCCCC(CCCC)(CCCC)CCCCCCOOO. The monoisotopic (exact) mass is 316 g/mol. The summed E-state index contributed by atoms with van der Waals surface area (Å²) in [5.41, 5.74) is 0.604. The average molecular weight is 317 g/mol. The van der Waals surface area contributed by atoms with E-state index < -0.39 is 0 Å². The van der Waals surface area contributed by atoms with Crippen molar-refractivity contribution in [3.63, 3.8) is 0 Å². The molecule has 0 aromatic heterocycles. The predicted molar refractivity (Wildman–Crippen MR) is 93.8 cm³/mol. The van der Waals surface area contributed by atoms with Gasteiger partial charge >= 0.3 is 0 Å². The third-order valence-corrected chi connectivity index (χ3v) is 4.92.